The Morgan fingerprint density at radius 1 is 1.25 bits per heavy atom. The molecular formula is C17H13ClN2O4. The number of nitrogens with zero attached hydrogens (tertiary/aromatic N) is 1. The van der Waals surface area contributed by atoms with Gasteiger partial charge in [-0.2, -0.15) is 0 Å². The smallest absolute Gasteiger partial charge is 0.308 e. The maximum Gasteiger partial charge on any atom is 0.308 e. The van der Waals surface area contributed by atoms with Gasteiger partial charge in [0.25, 0.3) is 5.56 Å². The number of carbonyl (C=O) groups excluding carboxylic acids is 1. The highest BCUT2D eigenvalue weighted by molar-refractivity contribution is 6.32. The third-order valence-electron chi connectivity index (χ3n) is 3.36. The summed E-state index contributed by atoms with van der Waals surface area (Å²) < 4.78 is 10.3. The van der Waals surface area contributed by atoms with Gasteiger partial charge in [0.2, 0.25) is 0 Å². The number of esters is 1. The third kappa shape index (κ3) is 2.96. The average molecular weight is 345 g/mol. The van der Waals surface area contributed by atoms with Crippen LogP contribution in [0.5, 0.6) is 11.5 Å². The Bertz CT molecular complexity index is 998. The van der Waals surface area contributed by atoms with Crippen LogP contribution < -0.4 is 15.0 Å². The number of aromatic amines is 1. The summed E-state index contributed by atoms with van der Waals surface area (Å²) in [7, 11) is 1.43. The lowest BCUT2D eigenvalue weighted by molar-refractivity contribution is -0.132. The van der Waals surface area contributed by atoms with Crippen LogP contribution in [-0.2, 0) is 4.79 Å². The molecule has 0 saturated heterocycles. The van der Waals surface area contributed by atoms with Crippen molar-refractivity contribution in [1.29, 1.82) is 0 Å². The molecule has 0 aliphatic rings. The first kappa shape index (κ1) is 16.0. The van der Waals surface area contributed by atoms with Crippen molar-refractivity contribution in [3.63, 3.8) is 0 Å². The van der Waals surface area contributed by atoms with Crippen molar-refractivity contribution in [1.82, 2.24) is 9.97 Å². The second-order valence-electron chi connectivity index (χ2n) is 5.01. The van der Waals surface area contributed by atoms with Gasteiger partial charge < -0.3 is 14.5 Å². The van der Waals surface area contributed by atoms with Crippen LogP contribution in [0.25, 0.3) is 22.3 Å². The second-order valence-corrected chi connectivity index (χ2v) is 5.42. The molecule has 0 radical (unpaired) electrons. The summed E-state index contributed by atoms with van der Waals surface area (Å²) in [5, 5.41) is 0.672. The fraction of sp³-hybridized carbons (Fsp3) is 0.118. The van der Waals surface area contributed by atoms with Gasteiger partial charge in [-0.05, 0) is 24.3 Å². The zero-order valence-electron chi connectivity index (χ0n) is 12.9. The van der Waals surface area contributed by atoms with E-state index in [1.165, 1.54) is 14.0 Å². The Morgan fingerprint density at radius 2 is 2.00 bits per heavy atom. The molecule has 1 heterocycles. The third-order valence-corrected chi connectivity index (χ3v) is 3.64. The molecule has 3 aromatic rings. The van der Waals surface area contributed by atoms with E-state index in [0.29, 0.717) is 22.3 Å². The van der Waals surface area contributed by atoms with Gasteiger partial charge >= 0.3 is 5.97 Å². The first-order valence-corrected chi connectivity index (χ1v) is 7.43. The molecule has 0 amide bonds. The highest BCUT2D eigenvalue weighted by Crippen LogP contribution is 2.38. The average Bonchev–Trinajstić information content (AvgIpc) is 2.56. The van der Waals surface area contributed by atoms with E-state index in [9.17, 15) is 9.59 Å². The zero-order chi connectivity index (χ0) is 17.3. The normalized spacial score (nSPS) is 10.6. The molecule has 0 aliphatic carbocycles. The monoisotopic (exact) mass is 344 g/mol. The summed E-state index contributed by atoms with van der Waals surface area (Å²) in [4.78, 5) is 30.5. The Balaban J connectivity index is 2.18. The Hall–Kier alpha value is -2.86. The summed E-state index contributed by atoms with van der Waals surface area (Å²) in [6.45, 7) is 1.27. The largest absolute Gasteiger partial charge is 0.493 e. The highest BCUT2D eigenvalue weighted by Gasteiger charge is 2.16. The maximum atomic E-state index is 12.2. The quantitative estimate of drug-likeness (QED) is 0.583. The Morgan fingerprint density at radius 3 is 2.71 bits per heavy atom. The van der Waals surface area contributed by atoms with Crippen LogP contribution in [-0.4, -0.2) is 23.0 Å². The number of carbonyl (C=O) groups is 1. The van der Waals surface area contributed by atoms with Crippen molar-refractivity contribution in [3.05, 3.63) is 51.8 Å². The number of benzene rings is 2. The topological polar surface area (TPSA) is 81.3 Å². The predicted octanol–water partition coefficient (Wildman–Crippen LogP) is 3.18. The molecule has 122 valence electrons. The fourth-order valence-electron chi connectivity index (χ4n) is 2.32. The minimum Gasteiger partial charge on any atom is -0.493 e. The summed E-state index contributed by atoms with van der Waals surface area (Å²) in [5.74, 6) is 0.218. The van der Waals surface area contributed by atoms with E-state index in [4.69, 9.17) is 21.1 Å². The minimum atomic E-state index is -0.514. The molecule has 7 heteroatoms. The molecule has 0 aliphatic heterocycles. The predicted molar refractivity (Wildman–Crippen MR) is 90.7 cm³/mol. The van der Waals surface area contributed by atoms with Gasteiger partial charge in [-0.1, -0.05) is 23.7 Å². The highest BCUT2D eigenvalue weighted by atomic mass is 35.5. The molecule has 0 unspecified atom stereocenters. The molecule has 1 N–H and O–H groups in total. The van der Waals surface area contributed by atoms with Crippen molar-refractivity contribution in [2.24, 2.45) is 0 Å². The number of halogens is 1. The van der Waals surface area contributed by atoms with Gasteiger partial charge in [-0.3, -0.25) is 9.59 Å². The minimum absolute atomic E-state index is 0.124. The van der Waals surface area contributed by atoms with Crippen molar-refractivity contribution in [2.45, 2.75) is 6.92 Å². The van der Waals surface area contributed by atoms with E-state index in [1.807, 2.05) is 0 Å². The van der Waals surface area contributed by atoms with Crippen LogP contribution >= 0.6 is 11.6 Å². The fourth-order valence-corrected chi connectivity index (χ4v) is 2.57. The second kappa shape index (κ2) is 6.33. The number of methoxy groups -OCH3 is 1. The van der Waals surface area contributed by atoms with Gasteiger partial charge in [0.15, 0.2) is 11.5 Å². The van der Waals surface area contributed by atoms with E-state index < -0.39 is 5.97 Å². The van der Waals surface area contributed by atoms with Crippen molar-refractivity contribution in [2.75, 3.05) is 7.11 Å². The lowest BCUT2D eigenvalue weighted by Gasteiger charge is -2.12. The number of rotatable bonds is 3. The number of ether oxygens (including phenoxy) is 2. The zero-order valence-corrected chi connectivity index (χ0v) is 13.7. The van der Waals surface area contributed by atoms with Crippen LogP contribution in [0.1, 0.15) is 6.92 Å². The van der Waals surface area contributed by atoms with Crippen LogP contribution in [0.4, 0.5) is 0 Å². The number of hydrogen-bond donors (Lipinski definition) is 1. The lowest BCUT2D eigenvalue weighted by atomic mass is 10.1. The molecule has 2 aromatic carbocycles. The molecule has 1 aromatic heterocycles. The molecule has 0 atom stereocenters. The Labute approximate surface area is 142 Å². The van der Waals surface area contributed by atoms with E-state index in [2.05, 4.69) is 9.97 Å². The van der Waals surface area contributed by atoms with E-state index >= 15 is 0 Å². The number of fused-ring (bicyclic) bond motifs is 1. The number of H-pyrrole nitrogens is 1. The van der Waals surface area contributed by atoms with Gasteiger partial charge in [-0.25, -0.2) is 4.98 Å². The first-order chi connectivity index (χ1) is 11.5. The van der Waals surface area contributed by atoms with Crippen molar-refractivity contribution in [3.8, 4) is 22.9 Å². The number of hydrogen-bond acceptors (Lipinski definition) is 5. The lowest BCUT2D eigenvalue weighted by Crippen LogP contribution is -2.09. The summed E-state index contributed by atoms with van der Waals surface area (Å²) in [6, 6.07) is 10.2. The van der Waals surface area contributed by atoms with Gasteiger partial charge in [0.1, 0.15) is 5.82 Å². The standard InChI is InChI=1S/C17H13ClN2O4/c1-9(21)24-15-12(18)7-10(8-14(15)23-2)16-19-13-6-4-3-5-11(13)17(22)20-16/h3-8H,1-2H3,(H,19,20,22). The van der Waals surface area contributed by atoms with Gasteiger partial charge in [0, 0.05) is 12.5 Å². The van der Waals surface area contributed by atoms with E-state index in [1.54, 1.807) is 36.4 Å². The molecule has 0 fully saturated rings. The molecule has 3 rings (SSSR count). The van der Waals surface area contributed by atoms with Gasteiger partial charge in [0.05, 0.1) is 23.0 Å². The van der Waals surface area contributed by atoms with Crippen LogP contribution in [0.15, 0.2) is 41.2 Å². The summed E-state index contributed by atoms with van der Waals surface area (Å²) in [6.07, 6.45) is 0. The van der Waals surface area contributed by atoms with E-state index in [0.717, 1.165) is 0 Å². The number of aromatic nitrogens is 2. The van der Waals surface area contributed by atoms with E-state index in [-0.39, 0.29) is 22.1 Å². The summed E-state index contributed by atoms with van der Waals surface area (Å²) in [5.41, 5.74) is 0.848. The van der Waals surface area contributed by atoms with Crippen LogP contribution in [0, 0.1) is 0 Å². The Kier molecular flexibility index (Phi) is 4.22. The molecule has 0 bridgehead atoms. The molecular weight excluding hydrogens is 332 g/mol. The van der Waals surface area contributed by atoms with Crippen molar-refractivity contribution >= 4 is 28.5 Å². The molecule has 6 nitrogen and oxygen atoms in total. The first-order valence-electron chi connectivity index (χ1n) is 7.05. The molecule has 0 spiro atoms. The maximum absolute atomic E-state index is 12.2. The van der Waals surface area contributed by atoms with Crippen LogP contribution in [0.3, 0.4) is 0 Å². The van der Waals surface area contributed by atoms with Crippen LogP contribution in [0.2, 0.25) is 5.02 Å². The number of para-hydroxylation sites is 1. The number of nitrogens with one attached hydrogen (secondary N) is 1. The van der Waals surface area contributed by atoms with Crippen molar-refractivity contribution < 1.29 is 14.3 Å². The molecule has 24 heavy (non-hydrogen) atoms. The summed E-state index contributed by atoms with van der Waals surface area (Å²) >= 11 is 6.19. The SMILES string of the molecule is COc1cc(-c2nc3ccccc3c(=O)[nH]2)cc(Cl)c1OC(C)=O. The molecule has 0 saturated carbocycles. The van der Waals surface area contributed by atoms with Gasteiger partial charge in [-0.15, -0.1) is 0 Å².